The Morgan fingerprint density at radius 3 is 2.55 bits per heavy atom. The second kappa shape index (κ2) is 5.64. The molecule has 1 aliphatic heterocycles. The highest BCUT2D eigenvalue weighted by atomic mass is 16.2. The SMILES string of the molecule is Cc1cccc(C)c1C(=O)Nc1ccc2c(c1)NC(=O)CC2. The van der Waals surface area contributed by atoms with Crippen LogP contribution in [0.3, 0.4) is 0 Å². The molecule has 0 aliphatic carbocycles. The minimum Gasteiger partial charge on any atom is -0.326 e. The average molecular weight is 294 g/mol. The molecule has 0 bridgehead atoms. The Kier molecular flexibility index (Phi) is 3.67. The lowest BCUT2D eigenvalue weighted by molar-refractivity contribution is -0.116. The quantitative estimate of drug-likeness (QED) is 0.891. The van der Waals surface area contributed by atoms with Gasteiger partial charge in [0, 0.05) is 23.4 Å². The fourth-order valence-electron chi connectivity index (χ4n) is 2.82. The van der Waals surface area contributed by atoms with Gasteiger partial charge >= 0.3 is 0 Å². The molecule has 0 aromatic heterocycles. The molecular weight excluding hydrogens is 276 g/mol. The second-order valence-electron chi connectivity index (χ2n) is 5.64. The Labute approximate surface area is 129 Å². The summed E-state index contributed by atoms with van der Waals surface area (Å²) < 4.78 is 0. The molecule has 0 unspecified atom stereocenters. The van der Waals surface area contributed by atoms with Crippen LogP contribution in [0.1, 0.15) is 33.5 Å². The third-order valence-corrected chi connectivity index (χ3v) is 3.97. The van der Waals surface area contributed by atoms with Crippen molar-refractivity contribution in [2.75, 3.05) is 10.6 Å². The molecule has 2 amide bonds. The van der Waals surface area contributed by atoms with E-state index in [0.29, 0.717) is 17.7 Å². The van der Waals surface area contributed by atoms with Gasteiger partial charge in [0.05, 0.1) is 0 Å². The zero-order valence-corrected chi connectivity index (χ0v) is 12.7. The van der Waals surface area contributed by atoms with Gasteiger partial charge in [-0.15, -0.1) is 0 Å². The minimum atomic E-state index is -0.127. The van der Waals surface area contributed by atoms with Crippen LogP contribution in [0.2, 0.25) is 0 Å². The number of carbonyl (C=O) groups is 2. The van der Waals surface area contributed by atoms with Crippen molar-refractivity contribution in [2.24, 2.45) is 0 Å². The molecule has 3 rings (SSSR count). The first kappa shape index (κ1) is 14.3. The number of anilines is 2. The number of aryl methyl sites for hydroxylation is 3. The molecule has 4 heteroatoms. The molecule has 2 aromatic carbocycles. The lowest BCUT2D eigenvalue weighted by Gasteiger charge is -2.18. The molecule has 0 saturated heterocycles. The first-order chi connectivity index (χ1) is 10.5. The predicted molar refractivity (Wildman–Crippen MR) is 87.3 cm³/mol. The van der Waals surface area contributed by atoms with E-state index >= 15 is 0 Å². The maximum Gasteiger partial charge on any atom is 0.256 e. The number of rotatable bonds is 2. The van der Waals surface area contributed by atoms with Gasteiger partial charge < -0.3 is 10.6 Å². The fourth-order valence-corrected chi connectivity index (χ4v) is 2.82. The highest BCUT2D eigenvalue weighted by molar-refractivity contribution is 6.06. The lowest BCUT2D eigenvalue weighted by atomic mass is 10.0. The zero-order valence-electron chi connectivity index (χ0n) is 12.7. The van der Waals surface area contributed by atoms with Crippen molar-refractivity contribution >= 4 is 23.2 Å². The van der Waals surface area contributed by atoms with E-state index in [4.69, 9.17) is 0 Å². The predicted octanol–water partition coefficient (Wildman–Crippen LogP) is 3.44. The molecule has 22 heavy (non-hydrogen) atoms. The van der Waals surface area contributed by atoms with Crippen LogP contribution in [0.15, 0.2) is 36.4 Å². The second-order valence-corrected chi connectivity index (χ2v) is 5.64. The highest BCUT2D eigenvalue weighted by Gasteiger charge is 2.16. The third-order valence-electron chi connectivity index (χ3n) is 3.97. The number of amides is 2. The first-order valence-electron chi connectivity index (χ1n) is 7.35. The van der Waals surface area contributed by atoms with E-state index < -0.39 is 0 Å². The minimum absolute atomic E-state index is 0.0192. The monoisotopic (exact) mass is 294 g/mol. The highest BCUT2D eigenvalue weighted by Crippen LogP contribution is 2.26. The lowest BCUT2D eigenvalue weighted by Crippen LogP contribution is -2.20. The van der Waals surface area contributed by atoms with E-state index in [1.165, 1.54) is 0 Å². The summed E-state index contributed by atoms with van der Waals surface area (Å²) in [4.78, 5) is 24.0. The topological polar surface area (TPSA) is 58.2 Å². The molecular formula is C18H18N2O2. The van der Waals surface area contributed by atoms with Crippen LogP contribution in [-0.2, 0) is 11.2 Å². The van der Waals surface area contributed by atoms with Crippen molar-refractivity contribution in [3.8, 4) is 0 Å². The van der Waals surface area contributed by atoms with Gasteiger partial charge in [0.2, 0.25) is 5.91 Å². The van der Waals surface area contributed by atoms with Gasteiger partial charge in [-0.2, -0.15) is 0 Å². The maximum absolute atomic E-state index is 12.5. The van der Waals surface area contributed by atoms with E-state index in [2.05, 4.69) is 10.6 Å². The van der Waals surface area contributed by atoms with Crippen molar-refractivity contribution in [3.63, 3.8) is 0 Å². The molecule has 1 heterocycles. The van der Waals surface area contributed by atoms with Gasteiger partial charge in [-0.1, -0.05) is 24.3 Å². The van der Waals surface area contributed by atoms with Crippen LogP contribution in [0.4, 0.5) is 11.4 Å². The Balaban J connectivity index is 1.86. The Hall–Kier alpha value is -2.62. The molecule has 0 radical (unpaired) electrons. The third kappa shape index (κ3) is 2.72. The van der Waals surface area contributed by atoms with Crippen molar-refractivity contribution in [3.05, 3.63) is 58.7 Å². The van der Waals surface area contributed by atoms with Crippen LogP contribution >= 0.6 is 0 Å². The smallest absolute Gasteiger partial charge is 0.256 e. The number of hydrogen-bond donors (Lipinski definition) is 2. The van der Waals surface area contributed by atoms with E-state index in [1.54, 1.807) is 0 Å². The Morgan fingerprint density at radius 1 is 1.09 bits per heavy atom. The fraction of sp³-hybridized carbons (Fsp3) is 0.222. The number of hydrogen-bond acceptors (Lipinski definition) is 2. The van der Waals surface area contributed by atoms with Crippen molar-refractivity contribution < 1.29 is 9.59 Å². The number of benzene rings is 2. The number of nitrogens with one attached hydrogen (secondary N) is 2. The van der Waals surface area contributed by atoms with Gasteiger partial charge in [0.25, 0.3) is 5.91 Å². The molecule has 0 fully saturated rings. The summed E-state index contributed by atoms with van der Waals surface area (Å²) in [5, 5.41) is 5.76. The summed E-state index contributed by atoms with van der Waals surface area (Å²) in [6.07, 6.45) is 1.26. The molecule has 112 valence electrons. The van der Waals surface area contributed by atoms with Gasteiger partial charge in [-0.05, 0) is 49.1 Å². The number of carbonyl (C=O) groups excluding carboxylic acids is 2. The molecule has 2 aromatic rings. The van der Waals surface area contributed by atoms with E-state index in [0.717, 1.165) is 28.8 Å². The molecule has 2 N–H and O–H groups in total. The van der Waals surface area contributed by atoms with E-state index in [9.17, 15) is 9.59 Å². The zero-order chi connectivity index (χ0) is 15.7. The molecule has 1 aliphatic rings. The normalized spacial score (nSPS) is 13.3. The summed E-state index contributed by atoms with van der Waals surface area (Å²) >= 11 is 0. The molecule has 0 atom stereocenters. The standard InChI is InChI=1S/C18H18N2O2/c1-11-4-3-5-12(2)17(11)18(22)19-14-8-6-13-7-9-16(21)20-15(13)10-14/h3-6,8,10H,7,9H2,1-2H3,(H,19,22)(H,20,21). The van der Waals surface area contributed by atoms with Crippen molar-refractivity contribution in [2.45, 2.75) is 26.7 Å². The van der Waals surface area contributed by atoms with Gasteiger partial charge in [-0.3, -0.25) is 9.59 Å². The van der Waals surface area contributed by atoms with Crippen molar-refractivity contribution in [1.29, 1.82) is 0 Å². The largest absolute Gasteiger partial charge is 0.326 e. The summed E-state index contributed by atoms with van der Waals surface area (Å²) in [6, 6.07) is 11.4. The first-order valence-corrected chi connectivity index (χ1v) is 7.35. The van der Waals surface area contributed by atoms with E-state index in [1.807, 2.05) is 50.2 Å². The van der Waals surface area contributed by atoms with Crippen LogP contribution in [-0.4, -0.2) is 11.8 Å². The summed E-state index contributed by atoms with van der Waals surface area (Å²) in [5.41, 5.74) is 5.17. The van der Waals surface area contributed by atoms with E-state index in [-0.39, 0.29) is 11.8 Å². The molecule has 0 saturated carbocycles. The average Bonchev–Trinajstić information content (AvgIpc) is 2.46. The Morgan fingerprint density at radius 2 is 1.82 bits per heavy atom. The van der Waals surface area contributed by atoms with Crippen LogP contribution < -0.4 is 10.6 Å². The van der Waals surface area contributed by atoms with Gasteiger partial charge in [0.15, 0.2) is 0 Å². The number of fused-ring (bicyclic) bond motifs is 1. The molecule has 4 nitrogen and oxygen atoms in total. The van der Waals surface area contributed by atoms with Gasteiger partial charge in [0.1, 0.15) is 0 Å². The maximum atomic E-state index is 12.5. The van der Waals surface area contributed by atoms with Crippen LogP contribution in [0.25, 0.3) is 0 Å². The van der Waals surface area contributed by atoms with Crippen molar-refractivity contribution in [1.82, 2.24) is 0 Å². The van der Waals surface area contributed by atoms with Gasteiger partial charge in [-0.25, -0.2) is 0 Å². The van der Waals surface area contributed by atoms with Crippen LogP contribution in [0.5, 0.6) is 0 Å². The summed E-state index contributed by atoms with van der Waals surface area (Å²) in [5.74, 6) is -0.108. The Bertz CT molecular complexity index is 745. The molecule has 0 spiro atoms. The summed E-state index contributed by atoms with van der Waals surface area (Å²) in [6.45, 7) is 3.85. The summed E-state index contributed by atoms with van der Waals surface area (Å²) in [7, 11) is 0. The van der Waals surface area contributed by atoms with Crippen LogP contribution in [0, 0.1) is 13.8 Å².